The van der Waals surface area contributed by atoms with Crippen LogP contribution >= 0.6 is 0 Å². The van der Waals surface area contributed by atoms with Gasteiger partial charge in [-0.3, -0.25) is 9.78 Å². The minimum absolute atomic E-state index is 0.228. The highest BCUT2D eigenvalue weighted by molar-refractivity contribution is 6.13. The van der Waals surface area contributed by atoms with Gasteiger partial charge >= 0.3 is 0 Å². The summed E-state index contributed by atoms with van der Waals surface area (Å²) in [6, 6.07) is 25.0. The summed E-state index contributed by atoms with van der Waals surface area (Å²) in [4.78, 5) is 22.0. The maximum absolute atomic E-state index is 13.2. The molecule has 30 heavy (non-hydrogen) atoms. The van der Waals surface area contributed by atoms with Gasteiger partial charge in [-0.15, -0.1) is 0 Å². The number of fused-ring (bicyclic) bond motifs is 1. The Morgan fingerprint density at radius 2 is 1.77 bits per heavy atom. The third-order valence-electron chi connectivity index (χ3n) is 4.85. The van der Waals surface area contributed by atoms with Gasteiger partial charge in [0.15, 0.2) is 5.76 Å². The van der Waals surface area contributed by atoms with Crippen molar-refractivity contribution >= 4 is 22.5 Å². The largest absolute Gasteiger partial charge is 0.463 e. The number of amides is 1. The number of furan rings is 1. The monoisotopic (exact) mass is 391 g/mol. The Bertz CT molecular complexity index is 1320. The molecular formula is C25H17N3O2. The van der Waals surface area contributed by atoms with Gasteiger partial charge in [0.2, 0.25) is 0 Å². The summed E-state index contributed by atoms with van der Waals surface area (Å²) in [6.45, 7) is 0. The maximum atomic E-state index is 13.2. The van der Waals surface area contributed by atoms with E-state index in [1.165, 1.54) is 0 Å². The fraction of sp³-hybridized carbons (Fsp3) is 0. The molecule has 0 saturated carbocycles. The first-order chi connectivity index (χ1) is 14.8. The molecule has 0 bridgehead atoms. The maximum Gasteiger partial charge on any atom is 0.256 e. The van der Waals surface area contributed by atoms with Crippen LogP contribution in [0, 0.1) is 0 Å². The number of pyridine rings is 2. The van der Waals surface area contributed by atoms with Gasteiger partial charge < -0.3 is 9.73 Å². The Morgan fingerprint density at radius 1 is 0.867 bits per heavy atom. The van der Waals surface area contributed by atoms with Crippen molar-refractivity contribution in [1.82, 2.24) is 9.97 Å². The number of carbonyl (C=O) groups is 1. The first-order valence-corrected chi connectivity index (χ1v) is 9.53. The lowest BCUT2D eigenvalue weighted by atomic mass is 9.99. The summed E-state index contributed by atoms with van der Waals surface area (Å²) in [5, 5.41) is 3.69. The normalized spacial score (nSPS) is 10.8. The SMILES string of the molecule is O=C(Nc1cccnc1)c1cc(-c2ccco2)nc2ccc(-c3ccccc3)cc12. The molecule has 0 aliphatic rings. The Balaban J connectivity index is 1.66. The second-order valence-electron chi connectivity index (χ2n) is 6.83. The van der Waals surface area contributed by atoms with Crippen LogP contribution in [0.2, 0.25) is 0 Å². The molecule has 0 saturated heterocycles. The zero-order valence-corrected chi connectivity index (χ0v) is 15.9. The van der Waals surface area contributed by atoms with Gasteiger partial charge in [-0.05, 0) is 53.6 Å². The van der Waals surface area contributed by atoms with Crippen molar-refractivity contribution in [3.63, 3.8) is 0 Å². The molecule has 3 aromatic heterocycles. The molecule has 2 aromatic carbocycles. The summed E-state index contributed by atoms with van der Waals surface area (Å²) in [6.07, 6.45) is 4.87. The fourth-order valence-corrected chi connectivity index (χ4v) is 3.41. The van der Waals surface area contributed by atoms with Gasteiger partial charge in [0.05, 0.1) is 29.2 Å². The van der Waals surface area contributed by atoms with Crippen LogP contribution < -0.4 is 5.32 Å². The molecule has 0 radical (unpaired) electrons. The van der Waals surface area contributed by atoms with E-state index in [1.54, 1.807) is 42.9 Å². The fourth-order valence-electron chi connectivity index (χ4n) is 3.41. The summed E-state index contributed by atoms with van der Waals surface area (Å²) in [5.41, 5.74) is 4.58. The van der Waals surface area contributed by atoms with E-state index in [0.717, 1.165) is 22.0 Å². The first kappa shape index (κ1) is 17.8. The molecule has 1 N–H and O–H groups in total. The molecule has 0 aliphatic carbocycles. The zero-order valence-electron chi connectivity index (χ0n) is 15.9. The number of hydrogen-bond acceptors (Lipinski definition) is 4. The van der Waals surface area contributed by atoms with Crippen molar-refractivity contribution in [2.45, 2.75) is 0 Å². The molecule has 5 nitrogen and oxygen atoms in total. The molecule has 5 aromatic rings. The lowest BCUT2D eigenvalue weighted by molar-refractivity contribution is 0.102. The molecule has 1 amide bonds. The lowest BCUT2D eigenvalue weighted by Crippen LogP contribution is -2.13. The van der Waals surface area contributed by atoms with Gasteiger partial charge in [0, 0.05) is 11.6 Å². The highest BCUT2D eigenvalue weighted by Gasteiger charge is 2.16. The zero-order chi connectivity index (χ0) is 20.3. The summed E-state index contributed by atoms with van der Waals surface area (Å²) in [7, 11) is 0. The number of hydrogen-bond donors (Lipinski definition) is 1. The van der Waals surface area contributed by atoms with Gasteiger partial charge in [-0.2, -0.15) is 0 Å². The highest BCUT2D eigenvalue weighted by Crippen LogP contribution is 2.30. The van der Waals surface area contributed by atoms with Crippen LogP contribution in [0.4, 0.5) is 5.69 Å². The van der Waals surface area contributed by atoms with Crippen molar-refractivity contribution in [1.29, 1.82) is 0 Å². The third kappa shape index (κ3) is 3.44. The number of rotatable bonds is 4. The Labute approximate surface area is 173 Å². The first-order valence-electron chi connectivity index (χ1n) is 9.53. The second-order valence-corrected chi connectivity index (χ2v) is 6.83. The predicted molar refractivity (Wildman–Crippen MR) is 117 cm³/mol. The van der Waals surface area contributed by atoms with Crippen LogP contribution in [0.5, 0.6) is 0 Å². The van der Waals surface area contributed by atoms with E-state index in [9.17, 15) is 4.79 Å². The summed E-state index contributed by atoms with van der Waals surface area (Å²) in [5.74, 6) is 0.382. The number of nitrogens with one attached hydrogen (secondary N) is 1. The third-order valence-corrected chi connectivity index (χ3v) is 4.85. The molecule has 0 unspecified atom stereocenters. The van der Waals surface area contributed by atoms with Gasteiger partial charge in [0.1, 0.15) is 5.69 Å². The van der Waals surface area contributed by atoms with Crippen LogP contribution in [-0.2, 0) is 0 Å². The summed E-state index contributed by atoms with van der Waals surface area (Å²) < 4.78 is 5.51. The van der Waals surface area contributed by atoms with E-state index in [1.807, 2.05) is 54.6 Å². The van der Waals surface area contributed by atoms with E-state index in [2.05, 4.69) is 10.3 Å². The van der Waals surface area contributed by atoms with Crippen molar-refractivity contribution in [2.24, 2.45) is 0 Å². The van der Waals surface area contributed by atoms with Crippen LogP contribution in [0.15, 0.2) is 102 Å². The van der Waals surface area contributed by atoms with Crippen molar-refractivity contribution in [2.75, 3.05) is 5.32 Å². The molecule has 0 spiro atoms. The van der Waals surface area contributed by atoms with Crippen molar-refractivity contribution in [3.8, 4) is 22.6 Å². The molecule has 144 valence electrons. The van der Waals surface area contributed by atoms with Gasteiger partial charge in [-0.1, -0.05) is 36.4 Å². The number of nitrogens with zero attached hydrogens (tertiary/aromatic N) is 2. The molecule has 3 heterocycles. The molecular weight excluding hydrogens is 374 g/mol. The second kappa shape index (κ2) is 7.64. The highest BCUT2D eigenvalue weighted by atomic mass is 16.3. The van der Waals surface area contributed by atoms with E-state index in [4.69, 9.17) is 9.40 Å². The minimum Gasteiger partial charge on any atom is -0.463 e. The Morgan fingerprint density at radius 3 is 2.53 bits per heavy atom. The van der Waals surface area contributed by atoms with Crippen molar-refractivity contribution < 1.29 is 9.21 Å². The van der Waals surface area contributed by atoms with Crippen molar-refractivity contribution in [3.05, 3.63) is 103 Å². The van der Waals surface area contributed by atoms with E-state index < -0.39 is 0 Å². The van der Waals surface area contributed by atoms with Gasteiger partial charge in [0.25, 0.3) is 5.91 Å². The number of benzene rings is 2. The van der Waals surface area contributed by atoms with E-state index in [-0.39, 0.29) is 5.91 Å². The molecule has 0 aliphatic heterocycles. The van der Waals surface area contributed by atoms with Gasteiger partial charge in [-0.25, -0.2) is 4.98 Å². The predicted octanol–water partition coefficient (Wildman–Crippen LogP) is 5.81. The molecule has 0 fully saturated rings. The number of anilines is 1. The average Bonchev–Trinajstić information content (AvgIpc) is 3.34. The summed E-state index contributed by atoms with van der Waals surface area (Å²) >= 11 is 0. The number of carbonyl (C=O) groups excluding carboxylic acids is 1. The van der Waals surface area contributed by atoms with E-state index >= 15 is 0 Å². The lowest BCUT2D eigenvalue weighted by Gasteiger charge is -2.11. The smallest absolute Gasteiger partial charge is 0.256 e. The topological polar surface area (TPSA) is 68.0 Å². The molecule has 0 atom stereocenters. The Kier molecular flexibility index (Phi) is 4.54. The van der Waals surface area contributed by atoms with Crippen LogP contribution in [-0.4, -0.2) is 15.9 Å². The quantitative estimate of drug-likeness (QED) is 0.420. The number of aromatic nitrogens is 2. The van der Waals surface area contributed by atoms with Crippen LogP contribution in [0.1, 0.15) is 10.4 Å². The standard InChI is InChI=1S/C25H17N3O2/c29-25(27-19-8-4-12-26-16-19)21-15-23(24-9-5-13-30-24)28-22-11-10-18(14-20(21)22)17-6-2-1-3-7-17/h1-16H,(H,27,29). The Hall–Kier alpha value is -4.25. The van der Waals surface area contributed by atoms with E-state index in [0.29, 0.717) is 22.7 Å². The van der Waals surface area contributed by atoms with Crippen LogP contribution in [0.3, 0.4) is 0 Å². The van der Waals surface area contributed by atoms with Crippen LogP contribution in [0.25, 0.3) is 33.5 Å². The minimum atomic E-state index is -0.228. The molecule has 5 heteroatoms. The average molecular weight is 391 g/mol. The molecule has 5 rings (SSSR count).